The monoisotopic (exact) mass is 460 g/mol. The van der Waals surface area contributed by atoms with Gasteiger partial charge in [-0.05, 0) is 31.4 Å². The number of hydrogen-bond acceptors (Lipinski definition) is 3. The lowest BCUT2D eigenvalue weighted by Gasteiger charge is -2.41. The largest absolute Gasteiger partial charge is 0.379 e. The summed E-state index contributed by atoms with van der Waals surface area (Å²) in [5.74, 6) is 0.849. The molecule has 142 valence electrons. The van der Waals surface area contributed by atoms with Crippen LogP contribution in [-0.4, -0.2) is 56.3 Å². The van der Waals surface area contributed by atoms with Gasteiger partial charge in [-0.15, -0.1) is 24.0 Å². The molecule has 0 radical (unpaired) electrons. The Bertz CT molecular complexity index is 542. The van der Waals surface area contributed by atoms with E-state index < -0.39 is 0 Å². The fraction of sp³-hybridized carbons (Fsp3) is 0.632. The minimum Gasteiger partial charge on any atom is -0.379 e. The molecular formula is C19H33IN4O. The van der Waals surface area contributed by atoms with Crippen molar-refractivity contribution in [1.82, 2.24) is 15.5 Å². The fourth-order valence-corrected chi connectivity index (χ4v) is 3.05. The number of rotatable bonds is 6. The Morgan fingerprint density at radius 1 is 1.16 bits per heavy atom. The summed E-state index contributed by atoms with van der Waals surface area (Å²) in [4.78, 5) is 6.83. The second kappa shape index (κ2) is 11.0. The predicted octanol–water partition coefficient (Wildman–Crippen LogP) is 2.64. The van der Waals surface area contributed by atoms with E-state index in [4.69, 9.17) is 4.74 Å². The molecule has 0 aromatic heterocycles. The number of benzene rings is 1. The molecular weight excluding hydrogens is 427 g/mol. The highest BCUT2D eigenvalue weighted by Crippen LogP contribution is 2.15. The van der Waals surface area contributed by atoms with Crippen molar-refractivity contribution in [2.45, 2.75) is 39.3 Å². The molecule has 25 heavy (non-hydrogen) atoms. The van der Waals surface area contributed by atoms with Crippen molar-refractivity contribution in [2.75, 3.05) is 39.9 Å². The van der Waals surface area contributed by atoms with Crippen LogP contribution in [0.15, 0.2) is 29.3 Å². The lowest BCUT2D eigenvalue weighted by atomic mass is 10.0. The van der Waals surface area contributed by atoms with Crippen LogP contribution in [-0.2, 0) is 17.7 Å². The van der Waals surface area contributed by atoms with Crippen molar-refractivity contribution in [2.24, 2.45) is 4.99 Å². The molecule has 1 aliphatic rings. The number of halogens is 1. The molecule has 2 rings (SSSR count). The van der Waals surface area contributed by atoms with Crippen molar-refractivity contribution < 1.29 is 4.74 Å². The highest BCUT2D eigenvalue weighted by Gasteiger charge is 2.28. The van der Waals surface area contributed by atoms with Gasteiger partial charge in [0.25, 0.3) is 0 Å². The average Bonchev–Trinajstić information content (AvgIpc) is 2.63. The first-order valence-corrected chi connectivity index (χ1v) is 8.91. The first-order chi connectivity index (χ1) is 11.6. The summed E-state index contributed by atoms with van der Waals surface area (Å²) in [7, 11) is 1.82. The van der Waals surface area contributed by atoms with Gasteiger partial charge >= 0.3 is 0 Å². The van der Waals surface area contributed by atoms with Gasteiger partial charge in [0, 0.05) is 38.8 Å². The molecule has 1 heterocycles. The molecule has 1 aliphatic heterocycles. The highest BCUT2D eigenvalue weighted by molar-refractivity contribution is 14.0. The minimum absolute atomic E-state index is 0. The summed E-state index contributed by atoms with van der Waals surface area (Å²) in [5, 5.41) is 6.90. The number of aryl methyl sites for hydroxylation is 1. The number of hydrogen-bond donors (Lipinski definition) is 2. The Balaban J connectivity index is 0.00000312. The fourth-order valence-electron chi connectivity index (χ4n) is 3.05. The third kappa shape index (κ3) is 6.75. The van der Waals surface area contributed by atoms with Crippen LogP contribution in [0.2, 0.25) is 0 Å². The van der Waals surface area contributed by atoms with Gasteiger partial charge in [0.05, 0.1) is 13.2 Å². The summed E-state index contributed by atoms with van der Waals surface area (Å²) in [6.45, 7) is 12.0. The number of morpholine rings is 1. The van der Waals surface area contributed by atoms with Crippen LogP contribution in [0.4, 0.5) is 0 Å². The standard InChI is InChI=1S/C19H32N4O.HI/c1-5-16-8-6-7-9-17(16)14-21-18(20-4)22-15-19(2,3)23-10-12-24-13-11-23;/h6-9H,5,10-15H2,1-4H3,(H2,20,21,22);1H. The summed E-state index contributed by atoms with van der Waals surface area (Å²) in [5.41, 5.74) is 2.78. The van der Waals surface area contributed by atoms with Gasteiger partial charge in [-0.1, -0.05) is 31.2 Å². The summed E-state index contributed by atoms with van der Waals surface area (Å²) >= 11 is 0. The van der Waals surface area contributed by atoms with Gasteiger partial charge in [-0.25, -0.2) is 0 Å². The van der Waals surface area contributed by atoms with Crippen LogP contribution in [0.5, 0.6) is 0 Å². The van der Waals surface area contributed by atoms with E-state index in [-0.39, 0.29) is 29.5 Å². The normalized spacial score (nSPS) is 16.2. The van der Waals surface area contributed by atoms with Crippen molar-refractivity contribution in [1.29, 1.82) is 0 Å². The number of aliphatic imine (C=N–C) groups is 1. The topological polar surface area (TPSA) is 48.9 Å². The second-order valence-electron chi connectivity index (χ2n) is 6.81. The summed E-state index contributed by atoms with van der Waals surface area (Å²) in [6.07, 6.45) is 1.05. The van der Waals surface area contributed by atoms with Gasteiger partial charge in [-0.2, -0.15) is 0 Å². The van der Waals surface area contributed by atoms with E-state index in [1.165, 1.54) is 11.1 Å². The second-order valence-corrected chi connectivity index (χ2v) is 6.81. The van der Waals surface area contributed by atoms with E-state index in [9.17, 15) is 0 Å². The molecule has 1 saturated heterocycles. The van der Waals surface area contributed by atoms with Gasteiger partial charge in [-0.3, -0.25) is 9.89 Å². The lowest BCUT2D eigenvalue weighted by molar-refractivity contribution is -0.00834. The minimum atomic E-state index is 0. The molecule has 6 heteroatoms. The molecule has 0 spiro atoms. The molecule has 0 aliphatic carbocycles. The van der Waals surface area contributed by atoms with E-state index in [1.54, 1.807) is 0 Å². The highest BCUT2D eigenvalue weighted by atomic mass is 127. The Hall–Kier alpha value is -0.860. The van der Waals surface area contributed by atoms with E-state index in [2.05, 4.69) is 65.6 Å². The van der Waals surface area contributed by atoms with Gasteiger partial charge in [0.2, 0.25) is 0 Å². The Kier molecular flexibility index (Phi) is 9.74. The van der Waals surface area contributed by atoms with E-state index in [1.807, 2.05) is 7.05 Å². The zero-order valence-electron chi connectivity index (χ0n) is 16.0. The zero-order chi connectivity index (χ0) is 17.4. The van der Waals surface area contributed by atoms with Crippen molar-refractivity contribution in [3.63, 3.8) is 0 Å². The first kappa shape index (κ1) is 22.2. The third-order valence-corrected chi connectivity index (χ3v) is 4.72. The van der Waals surface area contributed by atoms with E-state index in [0.29, 0.717) is 0 Å². The molecule has 2 N–H and O–H groups in total. The maximum atomic E-state index is 5.45. The molecule has 1 fully saturated rings. The number of nitrogens with zero attached hydrogens (tertiary/aromatic N) is 2. The summed E-state index contributed by atoms with van der Waals surface area (Å²) < 4.78 is 5.45. The lowest BCUT2D eigenvalue weighted by Crippen LogP contribution is -2.56. The molecule has 1 aromatic rings. The van der Waals surface area contributed by atoms with Crippen LogP contribution in [0.25, 0.3) is 0 Å². The van der Waals surface area contributed by atoms with E-state index in [0.717, 1.165) is 51.8 Å². The molecule has 0 atom stereocenters. The number of guanidine groups is 1. The summed E-state index contributed by atoms with van der Waals surface area (Å²) in [6, 6.07) is 8.56. The zero-order valence-corrected chi connectivity index (χ0v) is 18.3. The number of ether oxygens (including phenoxy) is 1. The molecule has 0 bridgehead atoms. The van der Waals surface area contributed by atoms with E-state index >= 15 is 0 Å². The van der Waals surface area contributed by atoms with Crippen LogP contribution < -0.4 is 10.6 Å². The average molecular weight is 460 g/mol. The van der Waals surface area contributed by atoms with Gasteiger partial charge in [0.15, 0.2) is 5.96 Å². The van der Waals surface area contributed by atoms with Gasteiger partial charge in [0.1, 0.15) is 0 Å². The van der Waals surface area contributed by atoms with Gasteiger partial charge < -0.3 is 15.4 Å². The smallest absolute Gasteiger partial charge is 0.191 e. The SMILES string of the molecule is CCc1ccccc1CNC(=NC)NCC(C)(C)N1CCOCC1.I. The Morgan fingerprint density at radius 3 is 2.40 bits per heavy atom. The first-order valence-electron chi connectivity index (χ1n) is 8.91. The Morgan fingerprint density at radius 2 is 1.80 bits per heavy atom. The van der Waals surface area contributed by atoms with Crippen LogP contribution in [0.3, 0.4) is 0 Å². The van der Waals surface area contributed by atoms with Crippen LogP contribution >= 0.6 is 24.0 Å². The predicted molar refractivity (Wildman–Crippen MR) is 116 cm³/mol. The van der Waals surface area contributed by atoms with Crippen LogP contribution in [0.1, 0.15) is 31.9 Å². The van der Waals surface area contributed by atoms with Crippen molar-refractivity contribution >= 4 is 29.9 Å². The number of nitrogens with one attached hydrogen (secondary N) is 2. The van der Waals surface area contributed by atoms with Crippen molar-refractivity contribution in [3.05, 3.63) is 35.4 Å². The molecule has 0 unspecified atom stereocenters. The molecule has 5 nitrogen and oxygen atoms in total. The maximum Gasteiger partial charge on any atom is 0.191 e. The quantitative estimate of drug-likeness (QED) is 0.390. The van der Waals surface area contributed by atoms with Crippen molar-refractivity contribution in [3.8, 4) is 0 Å². The molecule has 0 saturated carbocycles. The van der Waals surface area contributed by atoms with Crippen LogP contribution in [0, 0.1) is 0 Å². The maximum absolute atomic E-state index is 5.45. The molecule has 0 amide bonds. The molecule has 1 aromatic carbocycles. The Labute approximate surface area is 169 Å². The third-order valence-electron chi connectivity index (χ3n) is 4.72.